The smallest absolute Gasteiger partial charge is 0.287 e. The number of amides is 2. The third-order valence-electron chi connectivity index (χ3n) is 3.63. The van der Waals surface area contributed by atoms with Gasteiger partial charge in [-0.05, 0) is 42.0 Å². The van der Waals surface area contributed by atoms with Gasteiger partial charge in [-0.1, -0.05) is 24.3 Å². The lowest BCUT2D eigenvalue weighted by Gasteiger charge is -2.05. The van der Waals surface area contributed by atoms with Gasteiger partial charge in [0.15, 0.2) is 5.76 Å². The number of carbonyl (C=O) groups is 2. The highest BCUT2D eigenvalue weighted by molar-refractivity contribution is 5.93. The van der Waals surface area contributed by atoms with Gasteiger partial charge in [-0.15, -0.1) is 0 Å². The average molecular weight is 338 g/mol. The number of nitrogens with one attached hydrogen (secondary N) is 1. The van der Waals surface area contributed by atoms with E-state index in [0.29, 0.717) is 5.56 Å². The Kier molecular flexibility index (Phi) is 4.61. The molecule has 1 heterocycles. The van der Waals surface area contributed by atoms with Gasteiger partial charge in [-0.25, -0.2) is 4.39 Å². The van der Waals surface area contributed by atoms with E-state index in [4.69, 9.17) is 10.2 Å². The lowest BCUT2D eigenvalue weighted by Crippen LogP contribution is -2.22. The maximum atomic E-state index is 13.8. The molecule has 0 bridgehead atoms. The predicted octanol–water partition coefficient (Wildman–Crippen LogP) is 3.11. The van der Waals surface area contributed by atoms with Crippen molar-refractivity contribution in [2.75, 3.05) is 0 Å². The van der Waals surface area contributed by atoms with Crippen molar-refractivity contribution >= 4 is 11.8 Å². The van der Waals surface area contributed by atoms with E-state index in [9.17, 15) is 14.0 Å². The molecule has 0 aliphatic heterocycles. The molecule has 0 spiro atoms. The molecular formula is C19H15FN2O3. The molecule has 126 valence electrons. The van der Waals surface area contributed by atoms with Crippen molar-refractivity contribution < 1.29 is 18.4 Å². The quantitative estimate of drug-likeness (QED) is 0.749. The number of rotatable bonds is 5. The van der Waals surface area contributed by atoms with Gasteiger partial charge in [-0.2, -0.15) is 0 Å². The fourth-order valence-corrected chi connectivity index (χ4v) is 2.37. The second kappa shape index (κ2) is 7.00. The first kappa shape index (κ1) is 16.4. The molecule has 3 N–H and O–H groups in total. The average Bonchev–Trinajstić information content (AvgIpc) is 3.10. The van der Waals surface area contributed by atoms with E-state index < -0.39 is 17.6 Å². The Morgan fingerprint density at radius 1 is 1.04 bits per heavy atom. The molecule has 0 fully saturated rings. The summed E-state index contributed by atoms with van der Waals surface area (Å²) in [4.78, 5) is 23.3. The number of nitrogens with two attached hydrogens (primary N) is 1. The van der Waals surface area contributed by atoms with Crippen molar-refractivity contribution in [2.45, 2.75) is 6.54 Å². The van der Waals surface area contributed by atoms with Crippen LogP contribution in [-0.2, 0) is 6.54 Å². The molecule has 0 atom stereocenters. The summed E-state index contributed by atoms with van der Waals surface area (Å²) in [6, 6.07) is 15.8. The highest BCUT2D eigenvalue weighted by atomic mass is 19.1. The fourth-order valence-electron chi connectivity index (χ4n) is 2.37. The molecule has 3 aromatic rings. The minimum absolute atomic E-state index is 0.0734. The molecule has 2 amide bonds. The number of hydrogen-bond donors (Lipinski definition) is 2. The van der Waals surface area contributed by atoms with Crippen molar-refractivity contribution in [1.29, 1.82) is 0 Å². The molecule has 0 aliphatic rings. The standard InChI is InChI=1S/C19H15FN2O3/c20-15-7-2-1-6-14(15)16-8-9-17(25-16)19(24)22-11-12-4-3-5-13(10-12)18(21)23/h1-10H,11H2,(H2,21,23)(H,22,24). The number of halogens is 1. The molecule has 0 saturated carbocycles. The van der Waals surface area contributed by atoms with Gasteiger partial charge in [-0.3, -0.25) is 9.59 Å². The van der Waals surface area contributed by atoms with Crippen molar-refractivity contribution in [3.05, 3.63) is 83.4 Å². The molecule has 1 aromatic heterocycles. The van der Waals surface area contributed by atoms with Crippen molar-refractivity contribution in [3.8, 4) is 11.3 Å². The number of hydrogen-bond acceptors (Lipinski definition) is 3. The van der Waals surface area contributed by atoms with Crippen LogP contribution in [-0.4, -0.2) is 11.8 Å². The summed E-state index contributed by atoms with van der Waals surface area (Å²) in [5.41, 5.74) is 6.61. The number of carbonyl (C=O) groups excluding carboxylic acids is 2. The summed E-state index contributed by atoms with van der Waals surface area (Å²) in [7, 11) is 0. The van der Waals surface area contributed by atoms with E-state index in [1.807, 2.05) is 0 Å². The summed E-state index contributed by atoms with van der Waals surface area (Å²) in [5, 5.41) is 2.68. The Labute approximate surface area is 143 Å². The second-order valence-electron chi connectivity index (χ2n) is 5.39. The minimum atomic E-state index is -0.534. The van der Waals surface area contributed by atoms with Crippen LogP contribution in [0, 0.1) is 5.82 Å². The van der Waals surface area contributed by atoms with Crippen LogP contribution >= 0.6 is 0 Å². The maximum Gasteiger partial charge on any atom is 0.287 e. The van der Waals surface area contributed by atoms with Gasteiger partial charge in [0, 0.05) is 12.1 Å². The summed E-state index contributed by atoms with van der Waals surface area (Å²) in [5.74, 6) is -1.05. The maximum absolute atomic E-state index is 13.8. The third-order valence-corrected chi connectivity index (χ3v) is 3.63. The molecule has 3 rings (SSSR count). The van der Waals surface area contributed by atoms with E-state index in [-0.39, 0.29) is 23.6 Å². The van der Waals surface area contributed by atoms with Gasteiger partial charge in [0.2, 0.25) is 5.91 Å². The van der Waals surface area contributed by atoms with Gasteiger partial charge in [0.1, 0.15) is 11.6 Å². The van der Waals surface area contributed by atoms with Crippen molar-refractivity contribution in [2.24, 2.45) is 5.73 Å². The van der Waals surface area contributed by atoms with Gasteiger partial charge < -0.3 is 15.5 Å². The zero-order valence-corrected chi connectivity index (χ0v) is 13.2. The highest BCUT2D eigenvalue weighted by Crippen LogP contribution is 2.24. The Balaban J connectivity index is 1.69. The monoisotopic (exact) mass is 338 g/mol. The molecular weight excluding hydrogens is 323 g/mol. The van der Waals surface area contributed by atoms with Crippen LogP contribution in [0.2, 0.25) is 0 Å². The van der Waals surface area contributed by atoms with Crippen LogP contribution in [0.4, 0.5) is 4.39 Å². The van der Waals surface area contributed by atoms with Gasteiger partial charge >= 0.3 is 0 Å². The highest BCUT2D eigenvalue weighted by Gasteiger charge is 2.14. The summed E-state index contributed by atoms with van der Waals surface area (Å²) in [6.07, 6.45) is 0. The first-order valence-electron chi connectivity index (χ1n) is 7.56. The molecule has 0 saturated heterocycles. The third kappa shape index (κ3) is 3.74. The van der Waals surface area contributed by atoms with E-state index in [2.05, 4.69) is 5.32 Å². The minimum Gasteiger partial charge on any atom is -0.451 e. The molecule has 0 radical (unpaired) electrons. The predicted molar refractivity (Wildman–Crippen MR) is 90.2 cm³/mol. The zero-order valence-electron chi connectivity index (χ0n) is 13.2. The normalized spacial score (nSPS) is 10.4. The van der Waals surface area contributed by atoms with Crippen LogP contribution in [0.5, 0.6) is 0 Å². The lowest BCUT2D eigenvalue weighted by molar-refractivity contribution is 0.0923. The Morgan fingerprint density at radius 3 is 2.60 bits per heavy atom. The molecule has 5 nitrogen and oxygen atoms in total. The van der Waals surface area contributed by atoms with Crippen LogP contribution in [0.15, 0.2) is 65.1 Å². The molecule has 0 aliphatic carbocycles. The van der Waals surface area contributed by atoms with Gasteiger partial charge in [0.05, 0.1) is 5.56 Å². The van der Waals surface area contributed by atoms with E-state index in [1.165, 1.54) is 12.1 Å². The molecule has 6 heteroatoms. The number of primary amides is 1. The topological polar surface area (TPSA) is 85.3 Å². The first-order chi connectivity index (χ1) is 12.0. The Hall–Kier alpha value is -3.41. The number of benzene rings is 2. The number of furan rings is 1. The van der Waals surface area contributed by atoms with E-state index in [1.54, 1.807) is 48.5 Å². The SMILES string of the molecule is NC(=O)c1cccc(CNC(=O)c2ccc(-c3ccccc3F)o2)c1. The fraction of sp³-hybridized carbons (Fsp3) is 0.0526. The molecule has 25 heavy (non-hydrogen) atoms. The lowest BCUT2D eigenvalue weighted by atomic mass is 10.1. The largest absolute Gasteiger partial charge is 0.451 e. The second-order valence-corrected chi connectivity index (χ2v) is 5.39. The first-order valence-corrected chi connectivity index (χ1v) is 7.56. The van der Waals surface area contributed by atoms with E-state index >= 15 is 0 Å². The molecule has 2 aromatic carbocycles. The van der Waals surface area contributed by atoms with E-state index in [0.717, 1.165) is 5.56 Å². The zero-order chi connectivity index (χ0) is 17.8. The molecule has 0 unspecified atom stereocenters. The summed E-state index contributed by atoms with van der Waals surface area (Å²) >= 11 is 0. The van der Waals surface area contributed by atoms with Crippen molar-refractivity contribution in [1.82, 2.24) is 5.32 Å². The Morgan fingerprint density at radius 2 is 1.84 bits per heavy atom. The van der Waals surface area contributed by atoms with Crippen molar-refractivity contribution in [3.63, 3.8) is 0 Å². The van der Waals surface area contributed by atoms with Crippen LogP contribution in [0.3, 0.4) is 0 Å². The van der Waals surface area contributed by atoms with Gasteiger partial charge in [0.25, 0.3) is 5.91 Å². The van der Waals surface area contributed by atoms with Crippen LogP contribution < -0.4 is 11.1 Å². The van der Waals surface area contributed by atoms with Crippen LogP contribution in [0.25, 0.3) is 11.3 Å². The van der Waals surface area contributed by atoms with Crippen LogP contribution in [0.1, 0.15) is 26.5 Å². The summed E-state index contributed by atoms with van der Waals surface area (Å²) in [6.45, 7) is 0.204. The summed E-state index contributed by atoms with van der Waals surface area (Å²) < 4.78 is 19.2. The Bertz CT molecular complexity index is 934.